The van der Waals surface area contributed by atoms with Crippen LogP contribution in [-0.4, -0.2) is 61.1 Å². The normalized spacial score (nSPS) is 26.2. The first kappa shape index (κ1) is 16.1. The third-order valence-electron chi connectivity index (χ3n) is 6.00. The molecule has 2 saturated heterocycles. The van der Waals surface area contributed by atoms with Crippen molar-refractivity contribution >= 4 is 5.91 Å². The molecule has 0 spiro atoms. The third kappa shape index (κ3) is 3.22. The number of aryl methyl sites for hydroxylation is 1. The Hall–Kier alpha value is -1.39. The van der Waals surface area contributed by atoms with Crippen LogP contribution in [0, 0.1) is 0 Å². The molecule has 4 heteroatoms. The fraction of sp³-hybridized carbons (Fsp3) is 0.650. The van der Waals surface area contributed by atoms with Crippen molar-refractivity contribution in [3.8, 4) is 0 Å². The lowest BCUT2D eigenvalue weighted by Crippen LogP contribution is -2.54. The molecule has 24 heavy (non-hydrogen) atoms. The summed E-state index contributed by atoms with van der Waals surface area (Å²) in [5.74, 6) is 0.443. The van der Waals surface area contributed by atoms with E-state index in [0.717, 1.165) is 71.5 Å². The van der Waals surface area contributed by atoms with Crippen LogP contribution >= 0.6 is 0 Å². The number of hydrogen-bond acceptors (Lipinski definition) is 3. The zero-order valence-corrected chi connectivity index (χ0v) is 14.5. The van der Waals surface area contributed by atoms with Gasteiger partial charge in [0.15, 0.2) is 0 Å². The van der Waals surface area contributed by atoms with E-state index in [1.807, 2.05) is 0 Å². The number of carbonyl (C=O) groups is 1. The van der Waals surface area contributed by atoms with Crippen LogP contribution < -0.4 is 0 Å². The Morgan fingerprint density at radius 3 is 2.54 bits per heavy atom. The van der Waals surface area contributed by atoms with E-state index in [9.17, 15) is 4.79 Å². The molecule has 3 aliphatic rings. The van der Waals surface area contributed by atoms with Crippen LogP contribution in [0.3, 0.4) is 0 Å². The molecular weight excluding hydrogens is 300 g/mol. The van der Waals surface area contributed by atoms with Crippen molar-refractivity contribution in [3.05, 3.63) is 35.4 Å². The van der Waals surface area contributed by atoms with Crippen molar-refractivity contribution in [2.24, 2.45) is 0 Å². The van der Waals surface area contributed by atoms with Crippen LogP contribution in [0.2, 0.25) is 0 Å². The molecule has 1 amide bonds. The predicted octanol–water partition coefficient (Wildman–Crippen LogP) is 2.43. The van der Waals surface area contributed by atoms with Crippen LogP contribution in [0.15, 0.2) is 24.3 Å². The topological polar surface area (TPSA) is 32.8 Å². The number of ether oxygens (including phenoxy) is 1. The standard InChI is InChI=1S/C20H28N2O2/c23-20(19-7-3-5-16-4-1-2-6-18(16)19)22-12-10-21(11-13-22)17-8-14-24-15-9-17/h1-2,4,6,17,19H,3,5,7-15H2. The number of hydrogen-bond donors (Lipinski definition) is 0. The molecular formula is C20H28N2O2. The van der Waals surface area contributed by atoms with Crippen molar-refractivity contribution in [3.63, 3.8) is 0 Å². The zero-order chi connectivity index (χ0) is 16.4. The third-order valence-corrected chi connectivity index (χ3v) is 6.00. The maximum Gasteiger partial charge on any atom is 0.230 e. The number of fused-ring (bicyclic) bond motifs is 1. The van der Waals surface area contributed by atoms with Gasteiger partial charge in [-0.25, -0.2) is 0 Å². The summed E-state index contributed by atoms with van der Waals surface area (Å²) in [5.41, 5.74) is 2.66. The largest absolute Gasteiger partial charge is 0.381 e. The first-order chi connectivity index (χ1) is 11.8. The van der Waals surface area contributed by atoms with E-state index in [2.05, 4.69) is 34.1 Å². The van der Waals surface area contributed by atoms with Crippen molar-refractivity contribution in [1.29, 1.82) is 0 Å². The first-order valence-corrected chi connectivity index (χ1v) is 9.51. The van der Waals surface area contributed by atoms with Crippen molar-refractivity contribution in [2.45, 2.75) is 44.1 Å². The Balaban J connectivity index is 1.38. The van der Waals surface area contributed by atoms with Gasteiger partial charge in [0.1, 0.15) is 0 Å². The Morgan fingerprint density at radius 1 is 1.00 bits per heavy atom. The van der Waals surface area contributed by atoms with E-state index >= 15 is 0 Å². The molecule has 1 unspecified atom stereocenters. The van der Waals surface area contributed by atoms with Crippen molar-refractivity contribution in [1.82, 2.24) is 9.80 Å². The van der Waals surface area contributed by atoms with E-state index in [1.165, 1.54) is 11.1 Å². The monoisotopic (exact) mass is 328 g/mol. The molecule has 4 rings (SSSR count). The summed E-state index contributed by atoms with van der Waals surface area (Å²) in [6.07, 6.45) is 5.55. The molecule has 0 N–H and O–H groups in total. The molecule has 0 aromatic heterocycles. The molecule has 1 aliphatic carbocycles. The van der Waals surface area contributed by atoms with Gasteiger partial charge in [0.2, 0.25) is 5.91 Å². The summed E-state index contributed by atoms with van der Waals surface area (Å²) >= 11 is 0. The second kappa shape index (κ2) is 7.24. The minimum absolute atomic E-state index is 0.0876. The maximum absolute atomic E-state index is 13.1. The van der Waals surface area contributed by atoms with Gasteiger partial charge in [-0.05, 0) is 43.2 Å². The van der Waals surface area contributed by atoms with Gasteiger partial charge in [-0.15, -0.1) is 0 Å². The highest BCUT2D eigenvalue weighted by Crippen LogP contribution is 2.33. The van der Waals surface area contributed by atoms with Crippen LogP contribution in [0.5, 0.6) is 0 Å². The molecule has 0 radical (unpaired) electrons. The first-order valence-electron chi connectivity index (χ1n) is 9.51. The number of nitrogens with zero attached hydrogens (tertiary/aromatic N) is 2. The quantitative estimate of drug-likeness (QED) is 0.836. The summed E-state index contributed by atoms with van der Waals surface area (Å²) in [5, 5.41) is 0. The van der Waals surface area contributed by atoms with Gasteiger partial charge in [-0.2, -0.15) is 0 Å². The smallest absolute Gasteiger partial charge is 0.230 e. The Kier molecular flexibility index (Phi) is 4.86. The number of piperazine rings is 1. The van der Waals surface area contributed by atoms with Crippen LogP contribution in [0.1, 0.15) is 42.7 Å². The zero-order valence-electron chi connectivity index (χ0n) is 14.5. The highest BCUT2D eigenvalue weighted by atomic mass is 16.5. The SMILES string of the molecule is O=C(C1CCCc2ccccc21)N1CCN(C2CCOCC2)CC1. The lowest BCUT2D eigenvalue weighted by molar-refractivity contribution is -0.135. The number of amides is 1. The fourth-order valence-corrected chi connectivity index (χ4v) is 4.59. The molecule has 4 nitrogen and oxygen atoms in total. The number of rotatable bonds is 2. The molecule has 1 aromatic rings. The summed E-state index contributed by atoms with van der Waals surface area (Å²) < 4.78 is 5.47. The molecule has 2 aliphatic heterocycles. The summed E-state index contributed by atoms with van der Waals surface area (Å²) in [6.45, 7) is 5.59. The van der Waals surface area contributed by atoms with Crippen LogP contribution in [-0.2, 0) is 16.0 Å². The minimum Gasteiger partial charge on any atom is -0.381 e. The second-order valence-corrected chi connectivity index (χ2v) is 7.35. The maximum atomic E-state index is 13.1. The summed E-state index contributed by atoms with van der Waals surface area (Å²) in [7, 11) is 0. The van der Waals surface area contributed by atoms with Gasteiger partial charge in [0.05, 0.1) is 5.92 Å². The van der Waals surface area contributed by atoms with E-state index in [1.54, 1.807) is 0 Å². The van der Waals surface area contributed by atoms with Gasteiger partial charge < -0.3 is 9.64 Å². The highest BCUT2D eigenvalue weighted by Gasteiger charge is 2.33. The van der Waals surface area contributed by atoms with Gasteiger partial charge in [0, 0.05) is 45.4 Å². The Labute approximate surface area is 144 Å². The highest BCUT2D eigenvalue weighted by molar-refractivity contribution is 5.84. The lowest BCUT2D eigenvalue weighted by Gasteiger charge is -2.42. The lowest BCUT2D eigenvalue weighted by atomic mass is 9.82. The Bertz CT molecular complexity index is 575. The van der Waals surface area contributed by atoms with E-state index in [4.69, 9.17) is 4.74 Å². The van der Waals surface area contributed by atoms with E-state index in [-0.39, 0.29) is 5.92 Å². The summed E-state index contributed by atoms with van der Waals surface area (Å²) in [6, 6.07) is 9.19. The van der Waals surface area contributed by atoms with Gasteiger partial charge >= 0.3 is 0 Å². The van der Waals surface area contributed by atoms with Crippen molar-refractivity contribution in [2.75, 3.05) is 39.4 Å². The number of carbonyl (C=O) groups excluding carboxylic acids is 1. The average molecular weight is 328 g/mol. The van der Waals surface area contributed by atoms with Crippen LogP contribution in [0.25, 0.3) is 0 Å². The molecule has 0 saturated carbocycles. The molecule has 1 aromatic carbocycles. The average Bonchev–Trinajstić information content (AvgIpc) is 2.68. The van der Waals surface area contributed by atoms with E-state index < -0.39 is 0 Å². The summed E-state index contributed by atoms with van der Waals surface area (Å²) in [4.78, 5) is 17.8. The van der Waals surface area contributed by atoms with Gasteiger partial charge in [-0.1, -0.05) is 24.3 Å². The molecule has 2 heterocycles. The molecule has 130 valence electrons. The molecule has 0 bridgehead atoms. The fourth-order valence-electron chi connectivity index (χ4n) is 4.59. The van der Waals surface area contributed by atoms with Gasteiger partial charge in [0.25, 0.3) is 0 Å². The number of benzene rings is 1. The minimum atomic E-state index is 0.0876. The molecule has 1 atom stereocenters. The Morgan fingerprint density at radius 2 is 1.75 bits per heavy atom. The molecule has 2 fully saturated rings. The van der Waals surface area contributed by atoms with Crippen LogP contribution in [0.4, 0.5) is 0 Å². The van der Waals surface area contributed by atoms with Gasteiger partial charge in [-0.3, -0.25) is 9.69 Å². The van der Waals surface area contributed by atoms with E-state index in [0.29, 0.717) is 11.9 Å². The van der Waals surface area contributed by atoms with Crippen molar-refractivity contribution < 1.29 is 9.53 Å². The predicted molar refractivity (Wildman–Crippen MR) is 94.1 cm³/mol. The second-order valence-electron chi connectivity index (χ2n) is 7.35.